The van der Waals surface area contributed by atoms with Crippen LogP contribution in [0.4, 0.5) is 0 Å². The molecule has 3 nitrogen and oxygen atoms in total. The number of rotatable bonds is 10. The second-order valence-corrected chi connectivity index (χ2v) is 4.00. The van der Waals surface area contributed by atoms with E-state index in [4.69, 9.17) is 14.6 Å². The first-order valence-corrected chi connectivity index (χ1v) is 6.04. The molecule has 0 spiro atoms. The molecule has 0 amide bonds. The number of ether oxygens (including phenoxy) is 2. The molecule has 0 aromatic carbocycles. The van der Waals surface area contributed by atoms with E-state index < -0.39 is 0 Å². The summed E-state index contributed by atoms with van der Waals surface area (Å²) >= 11 is 0. The molecule has 0 fully saturated rings. The molecular weight excluding hydrogens is 192 g/mol. The second-order valence-electron chi connectivity index (χ2n) is 4.00. The fourth-order valence-electron chi connectivity index (χ4n) is 1.21. The van der Waals surface area contributed by atoms with E-state index in [0.717, 1.165) is 25.4 Å². The lowest BCUT2D eigenvalue weighted by Crippen LogP contribution is -2.21. The van der Waals surface area contributed by atoms with Crippen LogP contribution < -0.4 is 0 Å². The Labute approximate surface area is 93.8 Å². The Balaban J connectivity index is 3.37. The topological polar surface area (TPSA) is 38.7 Å². The van der Waals surface area contributed by atoms with Gasteiger partial charge in [-0.05, 0) is 18.8 Å². The number of hydrogen-bond donors (Lipinski definition) is 1. The lowest BCUT2D eigenvalue weighted by atomic mass is 10.1. The van der Waals surface area contributed by atoms with Crippen LogP contribution in [-0.4, -0.2) is 37.6 Å². The molecule has 1 N–H and O–H groups in total. The molecule has 0 aromatic heterocycles. The summed E-state index contributed by atoms with van der Waals surface area (Å²) in [4.78, 5) is 0. The Morgan fingerprint density at radius 1 is 1.13 bits per heavy atom. The van der Waals surface area contributed by atoms with Crippen molar-refractivity contribution in [3.63, 3.8) is 0 Å². The highest BCUT2D eigenvalue weighted by atomic mass is 16.5. The van der Waals surface area contributed by atoms with E-state index in [0.29, 0.717) is 13.2 Å². The van der Waals surface area contributed by atoms with Gasteiger partial charge in [-0.3, -0.25) is 0 Å². The Morgan fingerprint density at radius 3 is 2.40 bits per heavy atom. The van der Waals surface area contributed by atoms with Gasteiger partial charge in [0.15, 0.2) is 0 Å². The first-order chi connectivity index (χ1) is 7.24. The Hall–Kier alpha value is -0.120. The van der Waals surface area contributed by atoms with E-state index >= 15 is 0 Å². The summed E-state index contributed by atoms with van der Waals surface area (Å²) in [5, 5.41) is 8.62. The first-order valence-electron chi connectivity index (χ1n) is 6.04. The molecule has 92 valence electrons. The van der Waals surface area contributed by atoms with Crippen LogP contribution in [0, 0.1) is 5.92 Å². The zero-order valence-corrected chi connectivity index (χ0v) is 10.4. The fraction of sp³-hybridized carbons (Fsp3) is 1.00. The molecule has 0 aromatic rings. The van der Waals surface area contributed by atoms with Crippen molar-refractivity contribution in [1.29, 1.82) is 0 Å². The zero-order chi connectivity index (χ0) is 11.5. The molecule has 0 radical (unpaired) electrons. The quantitative estimate of drug-likeness (QED) is 0.571. The van der Waals surface area contributed by atoms with Crippen molar-refractivity contribution < 1.29 is 14.6 Å². The summed E-state index contributed by atoms with van der Waals surface area (Å²) in [6, 6.07) is 0. The molecule has 15 heavy (non-hydrogen) atoms. The van der Waals surface area contributed by atoms with E-state index in [9.17, 15) is 0 Å². The minimum absolute atomic E-state index is 0.0867. The second kappa shape index (κ2) is 10.4. The van der Waals surface area contributed by atoms with Crippen molar-refractivity contribution in [3.05, 3.63) is 0 Å². The number of aliphatic hydroxyl groups excluding tert-OH is 1. The summed E-state index contributed by atoms with van der Waals surface area (Å²) in [5.41, 5.74) is 0. The maximum atomic E-state index is 8.62. The minimum Gasteiger partial charge on any atom is -0.394 e. The van der Waals surface area contributed by atoms with E-state index in [1.807, 2.05) is 0 Å². The number of aliphatic hydroxyl groups is 1. The van der Waals surface area contributed by atoms with Gasteiger partial charge in [0.1, 0.15) is 0 Å². The standard InChI is InChI=1S/C12H26O3/c1-4-11(3)6-8-14-10-12(5-2)15-9-7-13/h11-13H,4-10H2,1-3H3. The average molecular weight is 218 g/mol. The van der Waals surface area contributed by atoms with Gasteiger partial charge in [0.05, 0.1) is 25.9 Å². The highest BCUT2D eigenvalue weighted by Gasteiger charge is 2.06. The third-order valence-corrected chi connectivity index (χ3v) is 2.66. The maximum Gasteiger partial charge on any atom is 0.0807 e. The van der Waals surface area contributed by atoms with Crippen LogP contribution in [0.25, 0.3) is 0 Å². The molecule has 0 aliphatic rings. The lowest BCUT2D eigenvalue weighted by Gasteiger charge is -2.16. The van der Waals surface area contributed by atoms with Gasteiger partial charge in [-0.25, -0.2) is 0 Å². The van der Waals surface area contributed by atoms with Crippen LogP contribution in [0.15, 0.2) is 0 Å². The highest BCUT2D eigenvalue weighted by molar-refractivity contribution is 4.54. The third-order valence-electron chi connectivity index (χ3n) is 2.66. The van der Waals surface area contributed by atoms with E-state index in [2.05, 4.69) is 20.8 Å². The SMILES string of the molecule is CCC(C)CCOCC(CC)OCCO. The van der Waals surface area contributed by atoms with Gasteiger partial charge in [-0.1, -0.05) is 27.2 Å². The summed E-state index contributed by atoms with van der Waals surface area (Å²) in [6.07, 6.45) is 3.40. The van der Waals surface area contributed by atoms with E-state index in [1.165, 1.54) is 6.42 Å². The molecular formula is C12H26O3. The molecule has 2 atom stereocenters. The van der Waals surface area contributed by atoms with Gasteiger partial charge in [-0.15, -0.1) is 0 Å². The third kappa shape index (κ3) is 8.85. The first kappa shape index (κ1) is 14.9. The zero-order valence-electron chi connectivity index (χ0n) is 10.4. The maximum absolute atomic E-state index is 8.62. The van der Waals surface area contributed by atoms with Gasteiger partial charge in [0.2, 0.25) is 0 Å². The van der Waals surface area contributed by atoms with Crippen LogP contribution >= 0.6 is 0 Å². The van der Waals surface area contributed by atoms with Crippen molar-refractivity contribution >= 4 is 0 Å². The predicted octanol–water partition coefficient (Wildman–Crippen LogP) is 2.23. The molecule has 2 unspecified atom stereocenters. The summed E-state index contributed by atoms with van der Waals surface area (Å²) < 4.78 is 10.9. The summed E-state index contributed by atoms with van der Waals surface area (Å²) in [6.45, 7) is 8.46. The Morgan fingerprint density at radius 2 is 1.87 bits per heavy atom. The van der Waals surface area contributed by atoms with Crippen molar-refractivity contribution in [1.82, 2.24) is 0 Å². The normalized spacial score (nSPS) is 15.2. The molecule has 3 heteroatoms. The van der Waals surface area contributed by atoms with Crippen molar-refractivity contribution in [2.45, 2.75) is 46.1 Å². The number of hydrogen-bond acceptors (Lipinski definition) is 3. The molecule has 0 heterocycles. The van der Waals surface area contributed by atoms with Crippen molar-refractivity contribution in [2.24, 2.45) is 5.92 Å². The van der Waals surface area contributed by atoms with Gasteiger partial charge < -0.3 is 14.6 Å². The van der Waals surface area contributed by atoms with Crippen LogP contribution in [0.1, 0.15) is 40.0 Å². The molecule has 0 saturated carbocycles. The monoisotopic (exact) mass is 218 g/mol. The average Bonchev–Trinajstić information content (AvgIpc) is 2.27. The fourth-order valence-corrected chi connectivity index (χ4v) is 1.21. The Kier molecular flexibility index (Phi) is 10.3. The van der Waals surface area contributed by atoms with Gasteiger partial charge in [0.25, 0.3) is 0 Å². The van der Waals surface area contributed by atoms with Gasteiger partial charge in [-0.2, -0.15) is 0 Å². The highest BCUT2D eigenvalue weighted by Crippen LogP contribution is 2.06. The van der Waals surface area contributed by atoms with Crippen LogP contribution in [0.3, 0.4) is 0 Å². The molecule has 0 rings (SSSR count). The largest absolute Gasteiger partial charge is 0.394 e. The van der Waals surface area contributed by atoms with Crippen LogP contribution in [0.2, 0.25) is 0 Å². The smallest absolute Gasteiger partial charge is 0.0807 e. The summed E-state index contributed by atoms with van der Waals surface area (Å²) in [5.74, 6) is 0.739. The van der Waals surface area contributed by atoms with Gasteiger partial charge in [0, 0.05) is 6.61 Å². The molecule has 0 aliphatic heterocycles. The van der Waals surface area contributed by atoms with Crippen molar-refractivity contribution in [3.8, 4) is 0 Å². The predicted molar refractivity (Wildman–Crippen MR) is 62.0 cm³/mol. The lowest BCUT2D eigenvalue weighted by molar-refractivity contribution is -0.0308. The van der Waals surface area contributed by atoms with Crippen molar-refractivity contribution in [2.75, 3.05) is 26.4 Å². The molecule has 0 aliphatic carbocycles. The summed E-state index contributed by atoms with van der Waals surface area (Å²) in [7, 11) is 0. The Bertz CT molecular complexity index is 128. The molecule has 0 bridgehead atoms. The van der Waals surface area contributed by atoms with E-state index in [1.54, 1.807) is 0 Å². The van der Waals surface area contributed by atoms with Crippen LogP contribution in [0.5, 0.6) is 0 Å². The van der Waals surface area contributed by atoms with Crippen LogP contribution in [-0.2, 0) is 9.47 Å². The van der Waals surface area contributed by atoms with E-state index in [-0.39, 0.29) is 12.7 Å². The minimum atomic E-state index is 0.0867. The molecule has 0 saturated heterocycles. The van der Waals surface area contributed by atoms with Gasteiger partial charge >= 0.3 is 0 Å².